The number of amides is 1. The Bertz CT molecular complexity index is 1230. The summed E-state index contributed by atoms with van der Waals surface area (Å²) in [5.74, 6) is -0.241. The molecule has 0 unspecified atom stereocenters. The van der Waals surface area contributed by atoms with Crippen LogP contribution in [0.4, 0.5) is 5.69 Å². The monoisotopic (exact) mass is 464 g/mol. The summed E-state index contributed by atoms with van der Waals surface area (Å²) in [4.78, 5) is 30.1. The Labute approximate surface area is 196 Å². The van der Waals surface area contributed by atoms with Gasteiger partial charge >= 0.3 is 5.97 Å². The molecule has 3 N–H and O–H groups in total. The molecule has 0 fully saturated rings. The summed E-state index contributed by atoms with van der Waals surface area (Å²) in [6, 6.07) is 9.41. The van der Waals surface area contributed by atoms with E-state index in [2.05, 4.69) is 15.0 Å². The number of carbonyl (C=O) groups is 2. The number of anilines is 1. The molecule has 0 saturated heterocycles. The minimum atomic E-state index is -0.719. The van der Waals surface area contributed by atoms with Crippen molar-refractivity contribution in [2.24, 2.45) is 4.99 Å². The number of esters is 1. The number of hydrogen-bond acceptors (Lipinski definition) is 9. The van der Waals surface area contributed by atoms with E-state index in [1.807, 2.05) is 12.1 Å². The van der Waals surface area contributed by atoms with Gasteiger partial charge in [0.25, 0.3) is 5.91 Å². The second-order valence-electron chi connectivity index (χ2n) is 7.05. The Balaban J connectivity index is 1.76. The lowest BCUT2D eigenvalue weighted by atomic mass is 10.1. The molecule has 1 aliphatic rings. The normalized spacial score (nSPS) is 13.8. The largest absolute Gasteiger partial charge is 0.507 e. The number of phenols is 1. The molecule has 0 radical (unpaired) electrons. The second kappa shape index (κ2) is 10.3. The first-order valence-corrected chi connectivity index (χ1v) is 10.0. The molecule has 10 heteroatoms. The van der Waals surface area contributed by atoms with Gasteiger partial charge in [0, 0.05) is 36.7 Å². The van der Waals surface area contributed by atoms with Gasteiger partial charge in [0.1, 0.15) is 22.8 Å². The van der Waals surface area contributed by atoms with Crippen molar-refractivity contribution in [1.29, 1.82) is 5.41 Å². The minimum Gasteiger partial charge on any atom is -0.507 e. The van der Waals surface area contributed by atoms with E-state index < -0.39 is 11.9 Å². The fourth-order valence-electron chi connectivity index (χ4n) is 3.21. The van der Waals surface area contributed by atoms with Crippen molar-refractivity contribution < 1.29 is 28.9 Å². The van der Waals surface area contributed by atoms with Gasteiger partial charge < -0.3 is 29.5 Å². The van der Waals surface area contributed by atoms with Gasteiger partial charge in [0.2, 0.25) is 0 Å². The fourth-order valence-corrected chi connectivity index (χ4v) is 3.21. The number of carbonyl (C=O) groups excluding carboxylic acids is 2. The van der Waals surface area contributed by atoms with Crippen LogP contribution in [0, 0.1) is 5.41 Å². The van der Waals surface area contributed by atoms with Gasteiger partial charge in [-0.15, -0.1) is 0 Å². The number of methoxy groups -OCH3 is 3. The maximum atomic E-state index is 12.5. The first-order chi connectivity index (χ1) is 16.3. The number of benzene rings is 2. The van der Waals surface area contributed by atoms with Crippen molar-refractivity contribution in [2.45, 2.75) is 0 Å². The van der Waals surface area contributed by atoms with Gasteiger partial charge in [-0.3, -0.25) is 10.2 Å². The van der Waals surface area contributed by atoms with Crippen molar-refractivity contribution in [3.05, 3.63) is 65.5 Å². The number of phenolic OH excluding ortho intramolecular Hbond substituents is 1. The molecular weight excluding hydrogens is 440 g/mol. The minimum absolute atomic E-state index is 0.0367. The Morgan fingerprint density at radius 2 is 1.82 bits per heavy atom. The molecule has 0 aliphatic carbocycles. The number of hydrogen-bond donors (Lipinski definition) is 3. The Hall–Kier alpha value is -4.60. The summed E-state index contributed by atoms with van der Waals surface area (Å²) in [6.07, 6.45) is 4.70. The Morgan fingerprint density at radius 3 is 2.47 bits per heavy atom. The number of aliphatic imine (C=N–C) groups is 1. The molecule has 2 aromatic rings. The van der Waals surface area contributed by atoms with Gasteiger partial charge in [0.05, 0.1) is 27.0 Å². The first-order valence-electron chi connectivity index (χ1n) is 10.0. The molecule has 1 heterocycles. The first kappa shape index (κ1) is 24.1. The summed E-state index contributed by atoms with van der Waals surface area (Å²) in [5.41, 5.74) is 1.42. The molecule has 1 amide bonds. The third kappa shape index (κ3) is 5.07. The summed E-state index contributed by atoms with van der Waals surface area (Å²) < 4.78 is 15.2. The van der Waals surface area contributed by atoms with Gasteiger partial charge in [-0.25, -0.2) is 9.79 Å². The van der Waals surface area contributed by atoms with E-state index in [0.29, 0.717) is 17.3 Å². The number of rotatable bonds is 7. The summed E-state index contributed by atoms with van der Waals surface area (Å²) in [5, 5.41) is 20.7. The molecule has 10 nitrogen and oxygen atoms in total. The lowest BCUT2D eigenvalue weighted by molar-refractivity contribution is -0.110. The summed E-state index contributed by atoms with van der Waals surface area (Å²) in [7, 11) is 6.07. The van der Waals surface area contributed by atoms with Gasteiger partial charge in [0.15, 0.2) is 11.5 Å². The quantitative estimate of drug-likeness (QED) is 0.424. The van der Waals surface area contributed by atoms with Crippen LogP contribution in [-0.2, 0) is 9.53 Å². The summed E-state index contributed by atoms with van der Waals surface area (Å²) >= 11 is 0. The molecule has 2 aromatic carbocycles. The molecule has 0 atom stereocenters. The lowest BCUT2D eigenvalue weighted by Crippen LogP contribution is -2.24. The van der Waals surface area contributed by atoms with E-state index in [4.69, 9.17) is 14.9 Å². The van der Waals surface area contributed by atoms with E-state index in [9.17, 15) is 14.7 Å². The van der Waals surface area contributed by atoms with Crippen molar-refractivity contribution in [2.75, 3.05) is 33.7 Å². The van der Waals surface area contributed by atoms with E-state index >= 15 is 0 Å². The molecule has 1 aliphatic heterocycles. The highest BCUT2D eigenvalue weighted by atomic mass is 16.5. The van der Waals surface area contributed by atoms with Crippen LogP contribution in [0.15, 0.2) is 59.4 Å². The van der Waals surface area contributed by atoms with Crippen molar-refractivity contribution >= 4 is 35.2 Å². The highest BCUT2D eigenvalue weighted by Crippen LogP contribution is 2.33. The number of nitrogens with one attached hydrogen (secondary N) is 2. The van der Waals surface area contributed by atoms with E-state index in [-0.39, 0.29) is 22.7 Å². The van der Waals surface area contributed by atoms with E-state index in [0.717, 1.165) is 11.3 Å². The van der Waals surface area contributed by atoms with Crippen molar-refractivity contribution in [1.82, 2.24) is 4.90 Å². The van der Waals surface area contributed by atoms with Crippen LogP contribution >= 0.6 is 0 Å². The second-order valence-corrected chi connectivity index (χ2v) is 7.05. The van der Waals surface area contributed by atoms with Crippen LogP contribution in [0.3, 0.4) is 0 Å². The maximum Gasteiger partial charge on any atom is 0.341 e. The standard InChI is InChI=1S/C24H24N4O6/c1-28-18(14-5-8-20(32-2)21(11-14)33-3)9-10-26-22(28)13-17(25)23(30)27-15-6-7-16(19(29)12-15)24(31)34-4/h5-13,25,29H,1-4H3,(H,27,30)/b22-13-,25-17?. The van der Waals surface area contributed by atoms with Crippen LogP contribution in [0.5, 0.6) is 17.2 Å². The van der Waals surface area contributed by atoms with Crippen molar-refractivity contribution in [3.63, 3.8) is 0 Å². The van der Waals surface area contributed by atoms with E-state index in [1.165, 1.54) is 31.4 Å². The van der Waals surface area contributed by atoms with Crippen LogP contribution in [0.2, 0.25) is 0 Å². The number of allylic oxidation sites excluding steroid dienone is 1. The lowest BCUT2D eigenvalue weighted by Gasteiger charge is -2.26. The smallest absolute Gasteiger partial charge is 0.341 e. The SMILES string of the molecule is COC(=O)c1ccc(NC(=O)C(=N)/C=C2/N=CC=C(c3ccc(OC)c(OC)c3)N2C)cc1O. The van der Waals surface area contributed by atoms with Crippen LogP contribution in [-0.4, -0.2) is 62.2 Å². The molecular formula is C24H24N4O6. The molecule has 34 heavy (non-hydrogen) atoms. The summed E-state index contributed by atoms with van der Waals surface area (Å²) in [6.45, 7) is 0. The number of aromatic hydroxyl groups is 1. The zero-order valence-corrected chi connectivity index (χ0v) is 19.1. The molecule has 0 saturated carbocycles. The number of nitrogens with zero attached hydrogens (tertiary/aromatic N) is 2. The molecule has 0 spiro atoms. The third-order valence-electron chi connectivity index (χ3n) is 5.00. The number of ether oxygens (including phenoxy) is 3. The fraction of sp³-hybridized carbons (Fsp3) is 0.167. The average Bonchev–Trinajstić information content (AvgIpc) is 2.84. The molecule has 176 valence electrons. The topological polar surface area (TPSA) is 134 Å². The van der Waals surface area contributed by atoms with E-state index in [1.54, 1.807) is 44.5 Å². The van der Waals surface area contributed by atoms with Crippen LogP contribution in [0.25, 0.3) is 5.70 Å². The highest BCUT2D eigenvalue weighted by Gasteiger charge is 2.19. The average molecular weight is 464 g/mol. The maximum absolute atomic E-state index is 12.5. The third-order valence-corrected chi connectivity index (χ3v) is 5.00. The van der Waals surface area contributed by atoms with Gasteiger partial charge in [-0.1, -0.05) is 0 Å². The molecule has 0 bridgehead atoms. The van der Waals surface area contributed by atoms with Crippen LogP contribution < -0.4 is 14.8 Å². The predicted molar refractivity (Wildman–Crippen MR) is 128 cm³/mol. The van der Waals surface area contributed by atoms with Gasteiger partial charge in [-0.05, 0) is 36.4 Å². The van der Waals surface area contributed by atoms with Gasteiger partial charge in [-0.2, -0.15) is 0 Å². The molecule has 0 aromatic heterocycles. The van der Waals surface area contributed by atoms with Crippen LogP contribution in [0.1, 0.15) is 15.9 Å². The predicted octanol–water partition coefficient (Wildman–Crippen LogP) is 3.05. The molecule has 3 rings (SSSR count). The van der Waals surface area contributed by atoms with Crippen molar-refractivity contribution in [3.8, 4) is 17.2 Å². The Morgan fingerprint density at radius 1 is 1.09 bits per heavy atom. The zero-order chi connectivity index (χ0) is 24.8. The Kier molecular flexibility index (Phi) is 7.32. The highest BCUT2D eigenvalue weighted by molar-refractivity contribution is 6.46. The zero-order valence-electron chi connectivity index (χ0n) is 19.1.